The number of nitrogens with one attached hydrogen (secondary N) is 2. The number of amides is 1. The van der Waals surface area contributed by atoms with E-state index in [0.717, 1.165) is 18.4 Å². The lowest BCUT2D eigenvalue weighted by molar-refractivity contribution is 0.0934. The standard InChI is InChI=1S/C17H18N2O2/c1-11(12-7-8-12)18-16(20)14-9-10-15(19-17(14)21)13-5-3-2-4-6-13/h2-6,9-12H,7-8H2,1H3,(H,18,20)(H,19,21)/t11-/m0/s1. The number of hydrogen-bond acceptors (Lipinski definition) is 2. The monoisotopic (exact) mass is 282 g/mol. The summed E-state index contributed by atoms with van der Waals surface area (Å²) in [5, 5.41) is 2.90. The molecule has 3 rings (SSSR count). The molecule has 2 aromatic rings. The Morgan fingerprint density at radius 1 is 1.19 bits per heavy atom. The Morgan fingerprint density at radius 2 is 1.90 bits per heavy atom. The van der Waals surface area contributed by atoms with Crippen LogP contribution in [0.4, 0.5) is 0 Å². The summed E-state index contributed by atoms with van der Waals surface area (Å²) in [4.78, 5) is 27.0. The van der Waals surface area contributed by atoms with Gasteiger partial charge in [0.15, 0.2) is 0 Å². The third-order valence-corrected chi connectivity index (χ3v) is 3.93. The summed E-state index contributed by atoms with van der Waals surface area (Å²) in [6.07, 6.45) is 2.31. The molecule has 1 aromatic carbocycles. The first kappa shape index (κ1) is 13.6. The van der Waals surface area contributed by atoms with Crippen LogP contribution < -0.4 is 10.9 Å². The van der Waals surface area contributed by atoms with Crippen molar-refractivity contribution in [3.05, 3.63) is 58.4 Å². The van der Waals surface area contributed by atoms with Gasteiger partial charge in [0.05, 0.1) is 0 Å². The van der Waals surface area contributed by atoms with Crippen LogP contribution in [0.1, 0.15) is 30.1 Å². The second-order valence-electron chi connectivity index (χ2n) is 5.58. The van der Waals surface area contributed by atoms with Gasteiger partial charge in [0, 0.05) is 11.7 Å². The van der Waals surface area contributed by atoms with Crippen LogP contribution in [0.3, 0.4) is 0 Å². The molecule has 0 radical (unpaired) electrons. The zero-order valence-electron chi connectivity index (χ0n) is 11.9. The van der Waals surface area contributed by atoms with Crippen LogP contribution in [0.5, 0.6) is 0 Å². The van der Waals surface area contributed by atoms with Crippen molar-refractivity contribution in [2.45, 2.75) is 25.8 Å². The van der Waals surface area contributed by atoms with Gasteiger partial charge in [-0.1, -0.05) is 30.3 Å². The average molecular weight is 282 g/mol. The molecule has 0 aliphatic heterocycles. The normalized spacial score (nSPS) is 15.5. The first-order chi connectivity index (χ1) is 10.1. The molecule has 1 saturated carbocycles. The second kappa shape index (κ2) is 5.56. The number of benzene rings is 1. The van der Waals surface area contributed by atoms with E-state index in [2.05, 4.69) is 10.3 Å². The molecule has 4 nitrogen and oxygen atoms in total. The maximum Gasteiger partial charge on any atom is 0.261 e. The molecule has 0 spiro atoms. The van der Waals surface area contributed by atoms with Gasteiger partial charge in [-0.2, -0.15) is 0 Å². The van der Waals surface area contributed by atoms with Crippen LogP contribution in [-0.2, 0) is 0 Å². The average Bonchev–Trinajstić information content (AvgIpc) is 3.32. The van der Waals surface area contributed by atoms with Crippen LogP contribution in [0.15, 0.2) is 47.3 Å². The molecule has 0 unspecified atom stereocenters. The van der Waals surface area contributed by atoms with Gasteiger partial charge >= 0.3 is 0 Å². The number of aromatic amines is 1. The Morgan fingerprint density at radius 3 is 2.52 bits per heavy atom. The minimum absolute atomic E-state index is 0.130. The number of aromatic nitrogens is 1. The van der Waals surface area contributed by atoms with Crippen molar-refractivity contribution in [2.75, 3.05) is 0 Å². The summed E-state index contributed by atoms with van der Waals surface area (Å²) in [5.41, 5.74) is 1.46. The highest BCUT2D eigenvalue weighted by Crippen LogP contribution is 2.32. The molecule has 1 atom stereocenters. The summed E-state index contributed by atoms with van der Waals surface area (Å²) in [6.45, 7) is 1.99. The third-order valence-electron chi connectivity index (χ3n) is 3.93. The predicted octanol–water partition coefficient (Wildman–Crippen LogP) is 2.57. The molecule has 1 fully saturated rings. The summed E-state index contributed by atoms with van der Waals surface area (Å²) in [6, 6.07) is 13.1. The van der Waals surface area contributed by atoms with E-state index in [1.807, 2.05) is 37.3 Å². The summed E-state index contributed by atoms with van der Waals surface area (Å²) in [5.74, 6) is 0.270. The highest BCUT2D eigenvalue weighted by atomic mass is 16.2. The molecule has 0 saturated heterocycles. The van der Waals surface area contributed by atoms with E-state index in [9.17, 15) is 9.59 Å². The molecule has 1 aliphatic carbocycles. The Labute approximate surface area is 123 Å². The number of carbonyl (C=O) groups is 1. The number of pyridine rings is 1. The summed E-state index contributed by atoms with van der Waals surface area (Å²) in [7, 11) is 0. The van der Waals surface area contributed by atoms with E-state index in [4.69, 9.17) is 0 Å². The molecule has 0 bridgehead atoms. The van der Waals surface area contributed by atoms with Gasteiger partial charge in [0.25, 0.3) is 11.5 Å². The van der Waals surface area contributed by atoms with Gasteiger partial charge in [0.1, 0.15) is 5.56 Å². The number of carbonyl (C=O) groups excluding carboxylic acids is 1. The fourth-order valence-corrected chi connectivity index (χ4v) is 2.44. The van der Waals surface area contributed by atoms with Crippen LogP contribution >= 0.6 is 0 Å². The highest BCUT2D eigenvalue weighted by Gasteiger charge is 2.29. The summed E-state index contributed by atoms with van der Waals surface area (Å²) >= 11 is 0. The van der Waals surface area contributed by atoms with Crippen molar-refractivity contribution in [3.8, 4) is 11.3 Å². The fourth-order valence-electron chi connectivity index (χ4n) is 2.44. The molecular formula is C17H18N2O2. The first-order valence-electron chi connectivity index (χ1n) is 7.25. The van der Waals surface area contributed by atoms with Crippen LogP contribution in [-0.4, -0.2) is 16.9 Å². The lowest BCUT2D eigenvalue weighted by atomic mass is 10.1. The van der Waals surface area contributed by atoms with Gasteiger partial charge < -0.3 is 10.3 Å². The largest absolute Gasteiger partial charge is 0.349 e. The van der Waals surface area contributed by atoms with E-state index in [0.29, 0.717) is 11.6 Å². The number of rotatable bonds is 4. The molecule has 1 amide bonds. The molecule has 1 aromatic heterocycles. The first-order valence-corrected chi connectivity index (χ1v) is 7.25. The van der Waals surface area contributed by atoms with Gasteiger partial charge in [-0.25, -0.2) is 0 Å². The Hall–Kier alpha value is -2.36. The molecule has 1 heterocycles. The van der Waals surface area contributed by atoms with Crippen LogP contribution in [0.2, 0.25) is 0 Å². The van der Waals surface area contributed by atoms with Crippen molar-refractivity contribution < 1.29 is 4.79 Å². The Bertz CT molecular complexity index is 702. The maximum atomic E-state index is 12.1. The number of hydrogen-bond donors (Lipinski definition) is 2. The van der Waals surface area contributed by atoms with Gasteiger partial charge in [-0.05, 0) is 43.4 Å². The van der Waals surface area contributed by atoms with Gasteiger partial charge in [-0.3, -0.25) is 9.59 Å². The number of H-pyrrole nitrogens is 1. The van der Waals surface area contributed by atoms with Crippen molar-refractivity contribution in [1.82, 2.24) is 10.3 Å². The van der Waals surface area contributed by atoms with E-state index in [1.165, 1.54) is 0 Å². The quantitative estimate of drug-likeness (QED) is 0.905. The topological polar surface area (TPSA) is 62.0 Å². The molecule has 21 heavy (non-hydrogen) atoms. The Balaban J connectivity index is 1.81. The second-order valence-corrected chi connectivity index (χ2v) is 5.58. The minimum atomic E-state index is -0.350. The lowest BCUT2D eigenvalue weighted by Crippen LogP contribution is -2.37. The highest BCUT2D eigenvalue weighted by molar-refractivity contribution is 5.94. The zero-order valence-corrected chi connectivity index (χ0v) is 11.9. The van der Waals surface area contributed by atoms with E-state index in [-0.39, 0.29) is 23.1 Å². The predicted molar refractivity (Wildman–Crippen MR) is 82.2 cm³/mol. The van der Waals surface area contributed by atoms with Gasteiger partial charge in [-0.15, -0.1) is 0 Å². The van der Waals surface area contributed by atoms with Crippen molar-refractivity contribution in [2.24, 2.45) is 5.92 Å². The molecule has 2 N–H and O–H groups in total. The van der Waals surface area contributed by atoms with Crippen molar-refractivity contribution in [1.29, 1.82) is 0 Å². The SMILES string of the molecule is C[C@H](NC(=O)c1ccc(-c2ccccc2)[nH]c1=O)C1CC1. The van der Waals surface area contributed by atoms with E-state index in [1.54, 1.807) is 12.1 Å². The van der Waals surface area contributed by atoms with Crippen LogP contribution in [0.25, 0.3) is 11.3 Å². The molecular weight excluding hydrogens is 264 g/mol. The molecule has 108 valence electrons. The van der Waals surface area contributed by atoms with Crippen LogP contribution in [0, 0.1) is 5.92 Å². The Kier molecular flexibility index (Phi) is 3.60. The minimum Gasteiger partial charge on any atom is -0.349 e. The van der Waals surface area contributed by atoms with Crippen molar-refractivity contribution >= 4 is 5.91 Å². The zero-order chi connectivity index (χ0) is 14.8. The van der Waals surface area contributed by atoms with Crippen molar-refractivity contribution in [3.63, 3.8) is 0 Å². The van der Waals surface area contributed by atoms with E-state index >= 15 is 0 Å². The lowest BCUT2D eigenvalue weighted by Gasteiger charge is -2.12. The summed E-state index contributed by atoms with van der Waals surface area (Å²) < 4.78 is 0. The maximum absolute atomic E-state index is 12.1. The fraction of sp³-hybridized carbons (Fsp3) is 0.294. The third kappa shape index (κ3) is 3.05. The van der Waals surface area contributed by atoms with Gasteiger partial charge in [0.2, 0.25) is 0 Å². The smallest absolute Gasteiger partial charge is 0.261 e. The molecule has 4 heteroatoms. The van der Waals surface area contributed by atoms with E-state index < -0.39 is 0 Å². The molecule has 1 aliphatic rings.